The number of benzene rings is 3. The number of nitrogen functional groups attached to an aromatic ring is 2. The van der Waals surface area contributed by atoms with Gasteiger partial charge in [-0.05, 0) is 87.7 Å². The van der Waals surface area contributed by atoms with E-state index in [0.29, 0.717) is 31.8 Å². The lowest BCUT2D eigenvalue weighted by molar-refractivity contribution is -0.143. The number of alkyl carbamates (subject to hydrolysis) is 1. The third kappa shape index (κ3) is 26.1. The largest absolute Gasteiger partial charge is 0.490 e. The highest BCUT2D eigenvalue weighted by atomic mass is 33.1. The lowest BCUT2D eigenvalue weighted by Crippen LogP contribution is -2.29. The average Bonchev–Trinajstić information content (AvgIpc) is 0.827. The zero-order valence-electron chi connectivity index (χ0n) is 53.7. The van der Waals surface area contributed by atoms with E-state index in [1.54, 1.807) is 17.0 Å². The van der Waals surface area contributed by atoms with Crippen molar-refractivity contribution in [1.29, 1.82) is 0 Å². The van der Waals surface area contributed by atoms with Gasteiger partial charge in [-0.1, -0.05) is 61.1 Å². The van der Waals surface area contributed by atoms with Crippen molar-refractivity contribution in [3.63, 3.8) is 0 Å². The Bertz CT molecular complexity index is 4190. The van der Waals surface area contributed by atoms with Gasteiger partial charge >= 0.3 is 47.2 Å². The molecule has 2 aromatic carbocycles. The number of carboxylic acids is 1. The number of fused-ring (bicyclic) bond motifs is 2. The van der Waals surface area contributed by atoms with Crippen LogP contribution in [0.3, 0.4) is 0 Å². The summed E-state index contributed by atoms with van der Waals surface area (Å²) in [6.45, 7) is 4.67. The van der Waals surface area contributed by atoms with Crippen molar-refractivity contribution in [1.82, 2.24) is 14.9 Å². The third-order valence-electron chi connectivity index (χ3n) is 13.8. The first-order valence-corrected chi connectivity index (χ1v) is 41.7. The number of phosphoric acid groups is 3. The minimum atomic E-state index is -5.79. The Kier molecular flexibility index (Phi) is 32.6. The maximum Gasteiger partial charge on any atom is 0.490 e. The Morgan fingerprint density at radius 1 is 0.890 bits per heavy atom. The van der Waals surface area contributed by atoms with Crippen molar-refractivity contribution in [3.05, 3.63) is 81.2 Å². The van der Waals surface area contributed by atoms with Gasteiger partial charge in [-0.25, -0.2) is 32.3 Å². The minimum Gasteiger partial charge on any atom is -0.478 e. The van der Waals surface area contributed by atoms with Crippen molar-refractivity contribution >= 4 is 134 Å². The summed E-state index contributed by atoms with van der Waals surface area (Å²) in [5.41, 5.74) is 10.3. The molecule has 35 nitrogen and oxygen atoms in total. The first kappa shape index (κ1) is 83.6. The number of hydrogen-bond acceptors (Lipinski definition) is 30. The van der Waals surface area contributed by atoms with E-state index >= 15 is 0 Å². The summed E-state index contributed by atoms with van der Waals surface area (Å²) in [4.78, 5) is 107. The Labute approximate surface area is 590 Å². The summed E-state index contributed by atoms with van der Waals surface area (Å²) in [7, 11) is -15.1. The number of hydrogen-bond donors (Lipinski definition) is 10. The van der Waals surface area contributed by atoms with Gasteiger partial charge in [0.2, 0.25) is 0 Å². The number of anilines is 2. The van der Waals surface area contributed by atoms with Crippen LogP contribution in [0.15, 0.2) is 72.7 Å². The molecule has 1 aliphatic carbocycles. The number of ether oxygens (including phenoxy) is 7. The molecule has 0 saturated carbocycles. The van der Waals surface area contributed by atoms with E-state index in [4.69, 9.17) is 63.4 Å². The molecule has 2 aliphatic heterocycles. The van der Waals surface area contributed by atoms with Gasteiger partial charge in [-0.3, -0.25) is 28.2 Å². The molecule has 1 saturated heterocycles. The molecule has 6 atom stereocenters. The van der Waals surface area contributed by atoms with Crippen LogP contribution in [-0.2, 0) is 86.0 Å². The van der Waals surface area contributed by atoms with Gasteiger partial charge in [0.15, 0.2) is 33.1 Å². The lowest BCUT2D eigenvalue weighted by atomic mass is 9.88. The molecule has 552 valence electrons. The van der Waals surface area contributed by atoms with Crippen molar-refractivity contribution < 1.29 is 130 Å². The number of amides is 1. The molecule has 3 aromatic rings. The summed E-state index contributed by atoms with van der Waals surface area (Å²) >= 11 is -2.80. The maximum atomic E-state index is 13.6. The molecule has 1 aromatic heterocycles. The Balaban J connectivity index is 0.810. The number of nitrogens with two attached hydrogens (primary N) is 2. The molecule has 3 heterocycles. The second-order valence-electron chi connectivity index (χ2n) is 21.5. The molecule has 3 aliphatic rings. The standard InChI is InChI=1S/C56H73N6O29P3S6/c1-56(2,98-97-32-83-21-7-8-23-84-46(64)12-6-5-10-35-30-62(54(67)61-52(35)58)45-29-43(86-33-96-95-4)44(88-45)31-87-93(72,73)91-94(74,75)90-92(69,70)71)19-24-85-55(68)60-20-25-82-27-26-81-22-9-11-42(63)34-13-14-36(53(65)66)39(28-34)47-37-15-17-40(57)50(99(76)77)48(37)89-49-38(47)16-18-41(59-3)51(49)100(78,79)80/h13-18,28,30,43-45H,6-9,11-12,19-27,29,31-33,57H2,1-4H3,(H,60,68)(H,65,66)(H,72,73)(H,74,75)(H,76,77)(H2,58,61,67)(H2,69,70,71)(H,78,79,80)/t43-,44+,45+/m0/s1. The molecule has 44 heteroatoms. The van der Waals surface area contributed by atoms with Gasteiger partial charge in [0.05, 0.1) is 74.3 Å². The van der Waals surface area contributed by atoms with E-state index in [-0.39, 0.29) is 150 Å². The highest BCUT2D eigenvalue weighted by molar-refractivity contribution is 8.77. The number of nitrogens with zero attached hydrogens (tertiary/aromatic N) is 3. The van der Waals surface area contributed by atoms with E-state index in [2.05, 4.69) is 35.8 Å². The number of rotatable bonds is 41. The number of unbranched alkanes of at least 4 members (excludes halogenated alkanes) is 1. The molecule has 100 heavy (non-hydrogen) atoms. The second kappa shape index (κ2) is 39.0. The molecule has 3 unspecified atom stereocenters. The number of phosphoric ester groups is 1. The highest BCUT2D eigenvalue weighted by Gasteiger charge is 2.44. The minimum absolute atomic E-state index is 0.000680. The van der Waals surface area contributed by atoms with Crippen LogP contribution >= 0.6 is 66.6 Å². The van der Waals surface area contributed by atoms with Crippen molar-refractivity contribution in [2.45, 2.75) is 98.2 Å². The zero-order valence-corrected chi connectivity index (χ0v) is 61.3. The van der Waals surface area contributed by atoms with Gasteiger partial charge in [0.25, 0.3) is 10.1 Å². The number of esters is 1. The molecular formula is C56H73N6O29P3S6. The van der Waals surface area contributed by atoms with Crippen LogP contribution in [-0.4, -0.2) is 181 Å². The number of carbonyl (C=O) groups is 4. The number of Topliss-reactive ketones (excluding diaryl/α,β-unsaturated/α-hetero) is 1. The number of carboxylic acid groups (broad SMARTS) is 1. The summed E-state index contributed by atoms with van der Waals surface area (Å²) < 4.78 is 152. The Hall–Kier alpha value is -5.32. The Morgan fingerprint density at radius 2 is 1.61 bits per heavy atom. The molecule has 1 fully saturated rings. The molecule has 6 rings (SSSR count). The smallest absolute Gasteiger partial charge is 0.478 e. The normalized spacial score (nSPS) is 16.7. The molecule has 0 bridgehead atoms. The lowest BCUT2D eigenvalue weighted by Gasteiger charge is -2.22. The summed E-state index contributed by atoms with van der Waals surface area (Å²) in [5.74, 6) is 2.95. The fourth-order valence-corrected chi connectivity index (χ4v) is 16.7. The van der Waals surface area contributed by atoms with E-state index in [0.717, 1.165) is 4.57 Å². The van der Waals surface area contributed by atoms with Crippen LogP contribution < -0.4 is 27.8 Å². The Morgan fingerprint density at radius 3 is 2.30 bits per heavy atom. The van der Waals surface area contributed by atoms with Gasteiger partial charge in [0.1, 0.15) is 34.9 Å². The maximum absolute atomic E-state index is 13.6. The molecule has 0 radical (unpaired) electrons. The van der Waals surface area contributed by atoms with Crippen LogP contribution in [0, 0.1) is 11.8 Å². The average molecular weight is 1580 g/mol. The predicted octanol–water partition coefficient (Wildman–Crippen LogP) is 7.37. The van der Waals surface area contributed by atoms with Crippen LogP contribution in [0.2, 0.25) is 0 Å². The highest BCUT2D eigenvalue weighted by Crippen LogP contribution is 2.66. The predicted molar refractivity (Wildman–Crippen MR) is 368 cm³/mol. The van der Waals surface area contributed by atoms with Gasteiger partial charge in [-0.2, -0.15) is 22.0 Å². The van der Waals surface area contributed by atoms with Crippen LogP contribution in [0.5, 0.6) is 0 Å². The van der Waals surface area contributed by atoms with Crippen molar-refractivity contribution in [2.75, 3.05) is 96.0 Å². The van der Waals surface area contributed by atoms with Crippen LogP contribution in [0.1, 0.15) is 97.7 Å². The van der Waals surface area contributed by atoms with Gasteiger partial charge < -0.3 is 83.6 Å². The summed E-state index contributed by atoms with van der Waals surface area (Å²) in [5, 5.41) is 12.7. The number of carbonyl (C=O) groups excluding carboxylic acids is 3. The molecular weight excluding hydrogens is 1510 g/mol. The monoisotopic (exact) mass is 1580 g/mol. The van der Waals surface area contributed by atoms with E-state index in [1.165, 1.54) is 88.1 Å². The molecule has 1 amide bonds. The number of aromatic carboxylic acids is 1. The fourth-order valence-electron chi connectivity index (χ4n) is 9.27. The fraction of sp³-hybridized carbons (Fsp3) is 0.482. The van der Waals surface area contributed by atoms with Crippen molar-refractivity contribution in [3.8, 4) is 34.3 Å². The van der Waals surface area contributed by atoms with E-state index in [9.17, 15) is 74.3 Å². The third-order valence-corrected chi connectivity index (χ3v) is 23.8. The van der Waals surface area contributed by atoms with Crippen LogP contribution in [0.25, 0.3) is 33.4 Å². The molecule has 12 N–H and O–H groups in total. The quantitative estimate of drug-likeness (QED) is 0.00156. The molecule has 0 spiro atoms. The SMILES string of the molecule is CN=c1ccc2c(-c3cc(C(=O)CCCOCCOCCNC(=O)OCCC(C)(C)SSCOCCCCOC(=O)CCC#Cc4cn([C@H]5C[C@H](OCSSC)[C@@H](COP(=O)(O)OP(=O)(O)OP(=O)(O)O)O5)c(=O)nc4N)ccc3C(=O)O)c3ccc(N)c(S(=O)O)c3oc-2c1S(=O)(=O)O. The second-order valence-corrected chi connectivity index (χ2v) is 33.7. The number of ketones is 1. The van der Waals surface area contributed by atoms with Crippen LogP contribution in [0.4, 0.5) is 16.3 Å². The van der Waals surface area contributed by atoms with Gasteiger partial charge in [0, 0.05) is 79.1 Å². The van der Waals surface area contributed by atoms with Gasteiger partial charge in [-0.15, -0.1) is 0 Å². The summed E-state index contributed by atoms with van der Waals surface area (Å²) in [6, 6.07) is 9.14. The number of aromatic nitrogens is 2. The van der Waals surface area contributed by atoms with E-state index < -0.39 is 115 Å². The zero-order chi connectivity index (χ0) is 73.6. The van der Waals surface area contributed by atoms with E-state index in [1.807, 2.05) is 13.8 Å². The number of nitrogens with one attached hydrogen (secondary N) is 1. The van der Waals surface area contributed by atoms with Crippen molar-refractivity contribution in [2.24, 2.45) is 4.99 Å². The first-order valence-electron chi connectivity index (χ1n) is 29.6. The topological polar surface area (TPSA) is 529 Å². The summed E-state index contributed by atoms with van der Waals surface area (Å²) in [6.07, 6.45) is 1.04. The first-order chi connectivity index (χ1) is 47.1.